The normalized spacial score (nSPS) is 10.7. The second kappa shape index (κ2) is 9.46. The third-order valence-corrected chi connectivity index (χ3v) is 5.42. The predicted octanol–water partition coefficient (Wildman–Crippen LogP) is 5.70. The van der Waals surface area contributed by atoms with Crippen LogP contribution in [0.25, 0.3) is 17.1 Å². The van der Waals surface area contributed by atoms with Crippen LogP contribution in [0, 0.1) is 6.92 Å². The molecule has 3 aromatic carbocycles. The van der Waals surface area contributed by atoms with Crippen molar-refractivity contribution in [1.82, 2.24) is 14.8 Å². The van der Waals surface area contributed by atoms with Crippen LogP contribution >= 0.6 is 27.5 Å². The highest BCUT2D eigenvalue weighted by molar-refractivity contribution is 9.10. The van der Waals surface area contributed by atoms with Gasteiger partial charge >= 0.3 is 5.97 Å². The van der Waals surface area contributed by atoms with Gasteiger partial charge in [0.2, 0.25) is 0 Å². The molecular weight excluding hydrogens is 494 g/mol. The highest BCUT2D eigenvalue weighted by Crippen LogP contribution is 2.23. The minimum Gasteiger partial charge on any atom is -0.451 e. The number of carbonyl (C=O) groups is 2. The molecule has 0 fully saturated rings. The summed E-state index contributed by atoms with van der Waals surface area (Å²) in [5.74, 6) is -0.765. The summed E-state index contributed by atoms with van der Waals surface area (Å²) in [6.07, 6.45) is 0. The van der Waals surface area contributed by atoms with E-state index in [0.717, 1.165) is 21.3 Å². The van der Waals surface area contributed by atoms with Crippen molar-refractivity contribution in [2.75, 3.05) is 6.61 Å². The number of aryl methyl sites for hydroxylation is 1. The smallest absolute Gasteiger partial charge is 0.378 e. The van der Waals surface area contributed by atoms with Gasteiger partial charge in [-0.05, 0) is 61.5 Å². The largest absolute Gasteiger partial charge is 0.451 e. The average molecular weight is 511 g/mol. The summed E-state index contributed by atoms with van der Waals surface area (Å²) in [4.78, 5) is 29.4. The second-order valence-electron chi connectivity index (χ2n) is 7.02. The van der Waals surface area contributed by atoms with E-state index in [1.165, 1.54) is 0 Å². The molecule has 32 heavy (non-hydrogen) atoms. The first-order valence-electron chi connectivity index (χ1n) is 9.66. The molecule has 0 aliphatic rings. The van der Waals surface area contributed by atoms with Gasteiger partial charge in [-0.25, -0.2) is 14.5 Å². The van der Waals surface area contributed by atoms with E-state index in [-0.39, 0.29) is 11.6 Å². The maximum atomic E-state index is 12.6. The number of nitrogens with zero attached hydrogens (tertiary/aromatic N) is 3. The van der Waals surface area contributed by atoms with Gasteiger partial charge in [0.25, 0.3) is 5.82 Å². The number of hydrogen-bond donors (Lipinski definition) is 0. The molecule has 0 spiro atoms. The van der Waals surface area contributed by atoms with Gasteiger partial charge in [-0.1, -0.05) is 51.3 Å². The van der Waals surface area contributed by atoms with Crippen LogP contribution in [-0.2, 0) is 4.74 Å². The van der Waals surface area contributed by atoms with Gasteiger partial charge in [0.05, 0.1) is 5.69 Å². The molecule has 0 unspecified atom stereocenters. The number of carbonyl (C=O) groups excluding carboxylic acids is 2. The number of benzene rings is 3. The summed E-state index contributed by atoms with van der Waals surface area (Å²) in [7, 11) is 0. The Hall–Kier alpha value is -3.29. The molecule has 0 aliphatic carbocycles. The molecule has 0 radical (unpaired) electrons. The quantitative estimate of drug-likeness (QED) is 0.246. The zero-order valence-electron chi connectivity index (χ0n) is 17.0. The number of aromatic nitrogens is 3. The number of esters is 1. The molecule has 4 rings (SSSR count). The topological polar surface area (TPSA) is 74.1 Å². The van der Waals surface area contributed by atoms with Gasteiger partial charge in [0.1, 0.15) is 0 Å². The van der Waals surface area contributed by atoms with Gasteiger partial charge in [0, 0.05) is 20.6 Å². The van der Waals surface area contributed by atoms with Crippen LogP contribution in [0.1, 0.15) is 26.5 Å². The Bertz CT molecular complexity index is 1280. The fourth-order valence-electron chi connectivity index (χ4n) is 3.05. The van der Waals surface area contributed by atoms with Crippen molar-refractivity contribution in [1.29, 1.82) is 0 Å². The number of ether oxygens (including phenoxy) is 1. The monoisotopic (exact) mass is 509 g/mol. The van der Waals surface area contributed by atoms with Gasteiger partial charge in [-0.2, -0.15) is 0 Å². The molecule has 6 nitrogen and oxygen atoms in total. The summed E-state index contributed by atoms with van der Waals surface area (Å²) < 4.78 is 7.69. The van der Waals surface area contributed by atoms with E-state index < -0.39 is 12.6 Å². The number of halogens is 2. The van der Waals surface area contributed by atoms with E-state index in [1.54, 1.807) is 28.9 Å². The van der Waals surface area contributed by atoms with Crippen molar-refractivity contribution in [3.05, 3.63) is 99.2 Å². The highest BCUT2D eigenvalue weighted by Gasteiger charge is 2.21. The lowest BCUT2D eigenvalue weighted by atomic mass is 10.1. The molecule has 1 heterocycles. The first-order chi connectivity index (χ1) is 15.4. The van der Waals surface area contributed by atoms with E-state index in [9.17, 15) is 9.59 Å². The van der Waals surface area contributed by atoms with Crippen molar-refractivity contribution >= 4 is 39.3 Å². The van der Waals surface area contributed by atoms with Crippen molar-refractivity contribution in [3.8, 4) is 17.1 Å². The number of rotatable bonds is 6. The van der Waals surface area contributed by atoms with Crippen molar-refractivity contribution < 1.29 is 14.3 Å². The first kappa shape index (κ1) is 21.9. The Kier molecular flexibility index (Phi) is 6.48. The zero-order valence-corrected chi connectivity index (χ0v) is 19.3. The van der Waals surface area contributed by atoms with E-state index in [4.69, 9.17) is 16.3 Å². The van der Waals surface area contributed by atoms with Crippen LogP contribution in [0.5, 0.6) is 0 Å². The molecule has 8 heteroatoms. The Morgan fingerprint density at radius 3 is 2.44 bits per heavy atom. The van der Waals surface area contributed by atoms with Crippen LogP contribution < -0.4 is 0 Å². The third-order valence-electron chi connectivity index (χ3n) is 4.64. The van der Waals surface area contributed by atoms with Crippen LogP contribution in [0.15, 0.2) is 77.3 Å². The van der Waals surface area contributed by atoms with Gasteiger partial charge in [-0.15, -0.1) is 5.10 Å². The molecule has 0 amide bonds. The maximum Gasteiger partial charge on any atom is 0.378 e. The molecule has 1 aromatic heterocycles. The highest BCUT2D eigenvalue weighted by atomic mass is 79.9. The van der Waals surface area contributed by atoms with Crippen LogP contribution in [0.3, 0.4) is 0 Å². The van der Waals surface area contributed by atoms with Crippen molar-refractivity contribution in [2.45, 2.75) is 6.92 Å². The Morgan fingerprint density at radius 1 is 1.03 bits per heavy atom. The molecule has 0 atom stereocenters. The van der Waals surface area contributed by atoms with Crippen molar-refractivity contribution in [2.24, 2.45) is 0 Å². The lowest BCUT2D eigenvalue weighted by molar-refractivity contribution is 0.0462. The summed E-state index contributed by atoms with van der Waals surface area (Å²) >= 11 is 9.26. The molecule has 0 bridgehead atoms. The lowest BCUT2D eigenvalue weighted by Gasteiger charge is -2.06. The first-order valence-corrected chi connectivity index (χ1v) is 10.8. The minimum absolute atomic E-state index is 0.131. The minimum atomic E-state index is -0.780. The summed E-state index contributed by atoms with van der Waals surface area (Å²) in [6, 6.07) is 21.6. The van der Waals surface area contributed by atoms with Gasteiger partial charge in [0.15, 0.2) is 18.2 Å². The molecule has 4 aromatic rings. The number of hydrogen-bond acceptors (Lipinski definition) is 5. The number of ketones is 1. The fraction of sp³-hybridized carbons (Fsp3) is 0.0833. The van der Waals surface area contributed by atoms with Gasteiger partial charge < -0.3 is 4.74 Å². The maximum absolute atomic E-state index is 12.6. The molecule has 160 valence electrons. The van der Waals surface area contributed by atoms with Crippen LogP contribution in [0.2, 0.25) is 5.02 Å². The Balaban J connectivity index is 1.61. The Morgan fingerprint density at radius 2 is 1.75 bits per heavy atom. The zero-order chi connectivity index (χ0) is 22.7. The van der Waals surface area contributed by atoms with Crippen LogP contribution in [-0.4, -0.2) is 33.1 Å². The predicted molar refractivity (Wildman–Crippen MR) is 125 cm³/mol. The van der Waals surface area contributed by atoms with E-state index in [1.807, 2.05) is 55.5 Å². The SMILES string of the molecule is Cc1cccc(-c2nc(C(=O)OCC(=O)c3ccc(Cl)cc3)nn2-c2ccc(Br)cc2)c1. The standard InChI is InChI=1S/C24H17BrClN3O3/c1-15-3-2-4-17(13-15)23-27-22(28-29(23)20-11-7-18(25)8-12-20)24(31)32-14-21(30)16-5-9-19(26)10-6-16/h2-13H,14H2,1H3. The third kappa shape index (κ3) is 4.95. The summed E-state index contributed by atoms with van der Waals surface area (Å²) in [6.45, 7) is 1.55. The van der Waals surface area contributed by atoms with Crippen molar-refractivity contribution in [3.63, 3.8) is 0 Å². The second-order valence-corrected chi connectivity index (χ2v) is 8.38. The molecule has 0 saturated carbocycles. The number of Topliss-reactive ketones (excluding diaryl/α,β-unsaturated/α-hetero) is 1. The molecule has 0 N–H and O–H groups in total. The molecule has 0 aliphatic heterocycles. The summed E-state index contributed by atoms with van der Waals surface area (Å²) in [5, 5.41) is 4.88. The van der Waals surface area contributed by atoms with Gasteiger partial charge in [-0.3, -0.25) is 4.79 Å². The van der Waals surface area contributed by atoms with E-state index >= 15 is 0 Å². The van der Waals surface area contributed by atoms with Crippen LogP contribution in [0.4, 0.5) is 0 Å². The molecule has 0 saturated heterocycles. The summed E-state index contributed by atoms with van der Waals surface area (Å²) in [5.41, 5.74) is 2.98. The van der Waals surface area contributed by atoms with E-state index in [0.29, 0.717) is 16.4 Å². The lowest BCUT2D eigenvalue weighted by Crippen LogP contribution is -2.15. The molecular formula is C24H17BrClN3O3. The van der Waals surface area contributed by atoms with E-state index in [2.05, 4.69) is 26.0 Å². The fourth-order valence-corrected chi connectivity index (χ4v) is 3.44. The average Bonchev–Trinajstić information content (AvgIpc) is 3.24. The Labute approximate surface area is 197 Å².